The fraction of sp³-hybridized carbons (Fsp3) is 0.440. The van der Waals surface area contributed by atoms with E-state index in [4.69, 9.17) is 4.74 Å². The zero-order valence-corrected chi connectivity index (χ0v) is 19.2. The van der Waals surface area contributed by atoms with Gasteiger partial charge in [0.15, 0.2) is 5.96 Å². The fourth-order valence-electron chi connectivity index (χ4n) is 3.66. The molecule has 0 atom stereocenters. The number of methoxy groups -OCH3 is 1. The van der Waals surface area contributed by atoms with E-state index in [2.05, 4.69) is 50.1 Å². The summed E-state index contributed by atoms with van der Waals surface area (Å²) >= 11 is 0. The van der Waals surface area contributed by atoms with Crippen LogP contribution in [0.15, 0.2) is 53.5 Å². The van der Waals surface area contributed by atoms with Gasteiger partial charge < -0.3 is 20.7 Å². The molecule has 2 aromatic rings. The van der Waals surface area contributed by atoms with Gasteiger partial charge in [0.2, 0.25) is 0 Å². The lowest BCUT2D eigenvalue weighted by Crippen LogP contribution is -2.41. The maximum atomic E-state index is 12.2. The topological polar surface area (TPSA) is 78.0 Å². The zero-order valence-electron chi connectivity index (χ0n) is 19.2. The summed E-state index contributed by atoms with van der Waals surface area (Å²) in [5.74, 6) is 1.37. The predicted molar refractivity (Wildman–Crippen MR) is 129 cm³/mol. The summed E-state index contributed by atoms with van der Waals surface area (Å²) in [4.78, 5) is 19.4. The highest BCUT2D eigenvalue weighted by Crippen LogP contribution is 2.14. The third kappa shape index (κ3) is 7.57. The summed E-state index contributed by atoms with van der Waals surface area (Å²) < 4.78 is 5.12. The molecule has 7 nitrogen and oxygen atoms in total. The van der Waals surface area contributed by atoms with E-state index in [9.17, 15) is 4.79 Å². The van der Waals surface area contributed by atoms with Gasteiger partial charge in [-0.2, -0.15) is 0 Å². The number of hydrogen-bond donors (Lipinski definition) is 3. The molecular weight excluding hydrogens is 402 g/mol. The molecule has 0 radical (unpaired) electrons. The molecule has 1 saturated heterocycles. The van der Waals surface area contributed by atoms with Crippen molar-refractivity contribution in [2.24, 2.45) is 4.99 Å². The molecule has 0 bridgehead atoms. The molecule has 2 aromatic carbocycles. The first kappa shape index (κ1) is 23.6. The van der Waals surface area contributed by atoms with Crippen LogP contribution < -0.4 is 20.7 Å². The highest BCUT2D eigenvalue weighted by molar-refractivity contribution is 5.94. The molecule has 7 heteroatoms. The van der Waals surface area contributed by atoms with E-state index in [-0.39, 0.29) is 5.91 Å². The summed E-state index contributed by atoms with van der Waals surface area (Å²) in [6.45, 7) is 7.97. The first-order chi connectivity index (χ1) is 15.7. The van der Waals surface area contributed by atoms with Crippen molar-refractivity contribution in [3.8, 4) is 5.75 Å². The lowest BCUT2D eigenvalue weighted by molar-refractivity contribution is 0.0954. The summed E-state index contributed by atoms with van der Waals surface area (Å²) in [6, 6.07) is 15.8. The van der Waals surface area contributed by atoms with Crippen LogP contribution in [0.3, 0.4) is 0 Å². The summed E-state index contributed by atoms with van der Waals surface area (Å²) in [5.41, 5.74) is 3.15. The SMILES string of the molecule is CCNC(=NCc1ccc(CN2CCCC2)cc1)NCCNC(=O)c1ccc(OC)cc1. The Morgan fingerprint density at radius 2 is 1.59 bits per heavy atom. The van der Waals surface area contributed by atoms with E-state index in [0.717, 1.165) is 24.8 Å². The Hall–Kier alpha value is -3.06. The highest BCUT2D eigenvalue weighted by Gasteiger charge is 2.11. The summed E-state index contributed by atoms with van der Waals surface area (Å²) in [6.07, 6.45) is 2.64. The third-order valence-corrected chi connectivity index (χ3v) is 5.45. The van der Waals surface area contributed by atoms with Crippen molar-refractivity contribution in [1.82, 2.24) is 20.9 Å². The second kappa shape index (κ2) is 12.7. The van der Waals surface area contributed by atoms with Crippen molar-refractivity contribution < 1.29 is 9.53 Å². The first-order valence-electron chi connectivity index (χ1n) is 11.4. The number of nitrogens with one attached hydrogen (secondary N) is 3. The monoisotopic (exact) mass is 437 g/mol. The number of amides is 1. The smallest absolute Gasteiger partial charge is 0.251 e. The third-order valence-electron chi connectivity index (χ3n) is 5.45. The Morgan fingerprint density at radius 1 is 0.938 bits per heavy atom. The standard InChI is InChI=1S/C25H35N5O2/c1-3-26-25(28-15-14-27-24(31)22-10-12-23(32-2)13-11-22)29-18-20-6-8-21(9-7-20)19-30-16-4-5-17-30/h6-13H,3-5,14-19H2,1-2H3,(H,27,31)(H2,26,28,29). The van der Waals surface area contributed by atoms with Crippen LogP contribution in [0.5, 0.6) is 5.75 Å². The number of likely N-dealkylation sites (tertiary alicyclic amines) is 1. The summed E-state index contributed by atoms with van der Waals surface area (Å²) in [5, 5.41) is 9.44. The molecule has 1 amide bonds. The van der Waals surface area contributed by atoms with Crippen molar-refractivity contribution in [3.05, 3.63) is 65.2 Å². The van der Waals surface area contributed by atoms with E-state index in [1.54, 1.807) is 31.4 Å². The number of hydrogen-bond acceptors (Lipinski definition) is 4. The quantitative estimate of drug-likeness (QED) is 0.303. The number of rotatable bonds is 10. The van der Waals surface area contributed by atoms with Crippen LogP contribution in [0.1, 0.15) is 41.3 Å². The Bertz CT molecular complexity index is 859. The van der Waals surface area contributed by atoms with Gasteiger partial charge in [-0.3, -0.25) is 9.69 Å². The minimum atomic E-state index is -0.106. The van der Waals surface area contributed by atoms with Crippen LogP contribution in [0.2, 0.25) is 0 Å². The van der Waals surface area contributed by atoms with E-state index in [0.29, 0.717) is 25.2 Å². The van der Waals surface area contributed by atoms with Crippen molar-refractivity contribution in [1.29, 1.82) is 0 Å². The molecule has 0 unspecified atom stereocenters. The lowest BCUT2D eigenvalue weighted by atomic mass is 10.1. The molecule has 0 saturated carbocycles. The van der Waals surface area contributed by atoms with Crippen molar-refractivity contribution >= 4 is 11.9 Å². The Balaban J connectivity index is 1.42. The molecule has 32 heavy (non-hydrogen) atoms. The number of carbonyl (C=O) groups excluding carboxylic acids is 1. The van der Waals surface area contributed by atoms with Gasteiger partial charge in [-0.15, -0.1) is 0 Å². The molecule has 1 aliphatic rings. The van der Waals surface area contributed by atoms with E-state index >= 15 is 0 Å². The molecular formula is C25H35N5O2. The molecule has 3 rings (SSSR count). The molecule has 1 aliphatic heterocycles. The number of carbonyl (C=O) groups is 1. The van der Waals surface area contributed by atoms with Crippen molar-refractivity contribution in [3.63, 3.8) is 0 Å². The average Bonchev–Trinajstić information content (AvgIpc) is 3.34. The van der Waals surface area contributed by atoms with Crippen LogP contribution in [0.25, 0.3) is 0 Å². The lowest BCUT2D eigenvalue weighted by Gasteiger charge is -2.14. The number of ether oxygens (including phenoxy) is 1. The van der Waals surface area contributed by atoms with Crippen molar-refractivity contribution in [2.45, 2.75) is 32.9 Å². The largest absolute Gasteiger partial charge is 0.497 e. The van der Waals surface area contributed by atoms with Crippen LogP contribution in [-0.4, -0.2) is 56.6 Å². The Labute approximate surface area is 191 Å². The first-order valence-corrected chi connectivity index (χ1v) is 11.4. The zero-order chi connectivity index (χ0) is 22.6. The van der Waals surface area contributed by atoms with Gasteiger partial charge in [0.25, 0.3) is 5.91 Å². The molecule has 3 N–H and O–H groups in total. The van der Waals surface area contributed by atoms with E-state index in [1.807, 2.05) is 6.92 Å². The van der Waals surface area contributed by atoms with Gasteiger partial charge in [-0.25, -0.2) is 4.99 Å². The van der Waals surface area contributed by atoms with E-state index < -0.39 is 0 Å². The molecule has 1 heterocycles. The maximum absolute atomic E-state index is 12.2. The average molecular weight is 438 g/mol. The number of benzene rings is 2. The molecule has 1 fully saturated rings. The number of nitrogens with zero attached hydrogens (tertiary/aromatic N) is 2. The van der Waals surface area contributed by atoms with Crippen LogP contribution in [0.4, 0.5) is 0 Å². The van der Waals surface area contributed by atoms with Gasteiger partial charge >= 0.3 is 0 Å². The fourth-order valence-corrected chi connectivity index (χ4v) is 3.66. The summed E-state index contributed by atoms with van der Waals surface area (Å²) in [7, 11) is 1.61. The predicted octanol–water partition coefficient (Wildman–Crippen LogP) is 2.78. The molecule has 0 spiro atoms. The Kier molecular flexibility index (Phi) is 9.37. The second-order valence-corrected chi connectivity index (χ2v) is 7.91. The van der Waals surface area contributed by atoms with Gasteiger partial charge in [0.05, 0.1) is 13.7 Å². The molecule has 0 aromatic heterocycles. The number of aliphatic imine (C=N–C) groups is 1. The molecule has 172 valence electrons. The minimum Gasteiger partial charge on any atom is -0.497 e. The second-order valence-electron chi connectivity index (χ2n) is 7.91. The van der Waals surface area contributed by atoms with Gasteiger partial charge in [0, 0.05) is 31.7 Å². The maximum Gasteiger partial charge on any atom is 0.251 e. The van der Waals surface area contributed by atoms with Crippen LogP contribution >= 0.6 is 0 Å². The van der Waals surface area contributed by atoms with Gasteiger partial charge in [-0.1, -0.05) is 24.3 Å². The highest BCUT2D eigenvalue weighted by atomic mass is 16.5. The normalized spacial score (nSPS) is 14.2. The van der Waals surface area contributed by atoms with Crippen LogP contribution in [-0.2, 0) is 13.1 Å². The minimum absolute atomic E-state index is 0.106. The van der Waals surface area contributed by atoms with Crippen molar-refractivity contribution in [2.75, 3.05) is 39.8 Å². The van der Waals surface area contributed by atoms with Gasteiger partial charge in [-0.05, 0) is 68.2 Å². The number of guanidine groups is 1. The Morgan fingerprint density at radius 3 is 2.25 bits per heavy atom. The van der Waals surface area contributed by atoms with E-state index in [1.165, 1.54) is 37.1 Å². The molecule has 0 aliphatic carbocycles. The van der Waals surface area contributed by atoms with Crippen LogP contribution in [0, 0.1) is 0 Å². The van der Waals surface area contributed by atoms with Gasteiger partial charge in [0.1, 0.15) is 5.75 Å².